The number of benzene rings is 1. The molecule has 2 aromatic rings. The summed E-state index contributed by atoms with van der Waals surface area (Å²) in [6, 6.07) is 4.58. The minimum absolute atomic E-state index is 0.0107. The normalized spacial score (nSPS) is 21.7. The number of halogens is 1. The fraction of sp³-hybridized carbons (Fsp3) is 0.590. The Morgan fingerprint density at radius 2 is 1.63 bits per heavy atom. The van der Waals surface area contributed by atoms with Crippen LogP contribution in [0.15, 0.2) is 38.7 Å². The van der Waals surface area contributed by atoms with Crippen molar-refractivity contribution in [1.82, 2.24) is 9.55 Å². The number of nitrogens with zero attached hydrogens (tertiary/aromatic N) is 4. The molecule has 1 fully saturated rings. The average Bonchev–Trinajstić information content (AvgIpc) is 3.75. The Kier molecular flexibility index (Phi) is 13.1. The summed E-state index contributed by atoms with van der Waals surface area (Å²) in [6.07, 6.45) is 22.5. The lowest BCUT2D eigenvalue weighted by molar-refractivity contribution is -0.124. The van der Waals surface area contributed by atoms with E-state index in [4.69, 9.17) is 21.1 Å². The van der Waals surface area contributed by atoms with E-state index in [0.29, 0.717) is 37.4 Å². The zero-order valence-electron chi connectivity index (χ0n) is 28.8. The summed E-state index contributed by atoms with van der Waals surface area (Å²) in [4.78, 5) is 41.5. The number of carbonyl (C=O) groups is 1. The maximum Gasteiger partial charge on any atom is 0.276 e. The predicted octanol–water partition coefficient (Wildman–Crippen LogP) is 5.39. The maximum absolute atomic E-state index is 14.1. The number of rotatable bonds is 17. The van der Waals surface area contributed by atoms with Gasteiger partial charge in [-0.3, -0.25) is 14.2 Å². The molecular weight excluding hydrogens is 638 g/mol. The molecule has 3 aliphatic heterocycles. The summed E-state index contributed by atoms with van der Waals surface area (Å²) in [5.41, 5.74) is 6.81. The minimum Gasteiger partial charge on any atom is -0.379 e. The van der Waals surface area contributed by atoms with Crippen LogP contribution in [0.5, 0.6) is 0 Å². The number of anilines is 1. The van der Waals surface area contributed by atoms with Gasteiger partial charge in [0.2, 0.25) is 0 Å². The van der Waals surface area contributed by atoms with E-state index in [1.54, 1.807) is 6.21 Å². The van der Waals surface area contributed by atoms with Crippen molar-refractivity contribution in [2.24, 2.45) is 15.9 Å². The van der Waals surface area contributed by atoms with Crippen molar-refractivity contribution in [3.8, 4) is 0 Å². The first-order valence-electron chi connectivity index (χ1n) is 18.6. The van der Waals surface area contributed by atoms with Gasteiger partial charge in [-0.2, -0.15) is 0 Å². The quantitative estimate of drug-likeness (QED) is 0.177. The van der Waals surface area contributed by atoms with Gasteiger partial charge in [0, 0.05) is 56.3 Å². The first-order valence-corrected chi connectivity index (χ1v) is 19.1. The second-order valence-electron chi connectivity index (χ2n) is 13.8. The number of aromatic nitrogens is 2. The summed E-state index contributed by atoms with van der Waals surface area (Å²) in [5, 5.41) is 0.592. The van der Waals surface area contributed by atoms with Crippen LogP contribution in [0, 0.1) is 5.92 Å². The van der Waals surface area contributed by atoms with Crippen LogP contribution in [-0.2, 0) is 27.1 Å². The Hall–Kier alpha value is -3.27. The Morgan fingerprint density at radius 1 is 0.918 bits per heavy atom. The second kappa shape index (κ2) is 18.1. The van der Waals surface area contributed by atoms with Gasteiger partial charge < -0.3 is 19.4 Å². The highest BCUT2D eigenvalue weighted by atomic mass is 35.5. The number of H-pyrrole nitrogens is 1. The van der Waals surface area contributed by atoms with E-state index in [2.05, 4.69) is 32.0 Å². The SMILES string of the molecule is O=C(CCCOCCOCCCCCCCl)C1CCC(n2c(=CC=C3C=NC=N3)[nH]/c(=C\c3cc4c5c(c3)CCCN5CCC4)c2=O)CC1. The van der Waals surface area contributed by atoms with Gasteiger partial charge >= 0.3 is 0 Å². The van der Waals surface area contributed by atoms with Crippen molar-refractivity contribution in [3.05, 3.63) is 61.8 Å². The number of aromatic amines is 1. The molecule has 6 rings (SSSR count). The van der Waals surface area contributed by atoms with Crippen molar-refractivity contribution >= 4 is 47.8 Å². The topological polar surface area (TPSA) is 101 Å². The molecule has 4 heterocycles. The third-order valence-corrected chi connectivity index (χ3v) is 10.6. The summed E-state index contributed by atoms with van der Waals surface area (Å²) >= 11 is 5.71. The molecule has 1 aliphatic carbocycles. The lowest BCUT2D eigenvalue weighted by atomic mass is 9.82. The van der Waals surface area contributed by atoms with Crippen molar-refractivity contribution in [1.29, 1.82) is 0 Å². The second-order valence-corrected chi connectivity index (χ2v) is 14.2. The summed E-state index contributed by atoms with van der Waals surface area (Å²) in [7, 11) is 0. The van der Waals surface area contributed by atoms with Crippen LogP contribution in [0.4, 0.5) is 5.69 Å². The van der Waals surface area contributed by atoms with Crippen molar-refractivity contribution < 1.29 is 14.3 Å². The number of Topliss-reactive ketones (excluding diaryl/α,β-unsaturated/α-hetero) is 1. The van der Waals surface area contributed by atoms with E-state index >= 15 is 0 Å². The number of ketones is 1. The molecule has 10 heteroatoms. The Balaban J connectivity index is 1.06. The number of allylic oxidation sites excluding steroid dienone is 2. The lowest BCUT2D eigenvalue weighted by Gasteiger charge is -2.37. The standard InChI is InChI=1S/C39H52ClN5O4/c40-17-3-1-2-4-20-48-22-23-49-21-7-10-36(46)30-11-14-34(15-12-30)45-37(16-13-33-27-41-28-42-33)43-35(39(45)47)26-29-24-31-8-5-18-44-19-6-9-32(25-29)38(31)44/h13,16,24-28,30,34,43H,1-12,14-15,17-23H2/b33-13?,35-26-,37-16?. The molecule has 0 saturated heterocycles. The molecular formula is C39H52ClN5O4. The molecule has 264 valence electrons. The van der Waals surface area contributed by atoms with E-state index < -0.39 is 0 Å². The van der Waals surface area contributed by atoms with Gasteiger partial charge in [-0.25, -0.2) is 9.98 Å². The summed E-state index contributed by atoms with van der Waals surface area (Å²) in [5.74, 6) is 1.09. The predicted molar refractivity (Wildman–Crippen MR) is 199 cm³/mol. The van der Waals surface area contributed by atoms with Crippen molar-refractivity contribution in [2.45, 2.75) is 95.9 Å². The van der Waals surface area contributed by atoms with Gasteiger partial charge in [0.25, 0.3) is 5.56 Å². The molecule has 0 bridgehead atoms. The van der Waals surface area contributed by atoms with E-state index in [1.807, 2.05) is 22.8 Å². The van der Waals surface area contributed by atoms with Crippen molar-refractivity contribution in [3.63, 3.8) is 0 Å². The number of hydrogen-bond donors (Lipinski definition) is 1. The largest absolute Gasteiger partial charge is 0.379 e. The molecule has 0 atom stereocenters. The molecule has 0 spiro atoms. The molecule has 9 nitrogen and oxygen atoms in total. The smallest absolute Gasteiger partial charge is 0.276 e. The van der Waals surface area contributed by atoms with Crippen LogP contribution in [0.3, 0.4) is 0 Å². The Bertz CT molecular complexity index is 1650. The molecule has 49 heavy (non-hydrogen) atoms. The van der Waals surface area contributed by atoms with Crippen molar-refractivity contribution in [2.75, 3.05) is 50.3 Å². The monoisotopic (exact) mass is 689 g/mol. The number of carbonyl (C=O) groups excluding carboxylic acids is 1. The average molecular weight is 690 g/mol. The number of ether oxygens (including phenoxy) is 2. The Labute approximate surface area is 294 Å². The third-order valence-electron chi connectivity index (χ3n) is 10.3. The zero-order valence-corrected chi connectivity index (χ0v) is 29.6. The van der Waals surface area contributed by atoms with Crippen LogP contribution < -0.4 is 21.3 Å². The van der Waals surface area contributed by atoms with Crippen LogP contribution in [0.2, 0.25) is 0 Å². The van der Waals surface area contributed by atoms with Gasteiger partial charge in [-0.15, -0.1) is 11.6 Å². The molecule has 1 N–H and O–H groups in total. The number of aliphatic imine (C=N–C) groups is 2. The number of hydrogen-bond acceptors (Lipinski definition) is 7. The fourth-order valence-corrected chi connectivity index (χ4v) is 8.02. The highest BCUT2D eigenvalue weighted by Gasteiger charge is 2.28. The van der Waals surface area contributed by atoms with Gasteiger partial charge in [-0.1, -0.05) is 12.8 Å². The summed E-state index contributed by atoms with van der Waals surface area (Å²) < 4.78 is 13.3. The molecule has 0 radical (unpaired) electrons. The number of imidazole rings is 1. The van der Waals surface area contributed by atoms with Crippen LogP contribution in [-0.4, -0.2) is 73.3 Å². The van der Waals surface area contributed by atoms with E-state index in [1.165, 1.54) is 36.0 Å². The van der Waals surface area contributed by atoms with Gasteiger partial charge in [-0.05, 0) is 118 Å². The highest BCUT2D eigenvalue weighted by Crippen LogP contribution is 2.36. The molecule has 0 amide bonds. The first kappa shape index (κ1) is 35.6. The van der Waals surface area contributed by atoms with Gasteiger partial charge in [0.05, 0.1) is 25.1 Å². The van der Waals surface area contributed by atoms with Crippen LogP contribution in [0.1, 0.15) is 99.8 Å². The number of alkyl halides is 1. The fourth-order valence-electron chi connectivity index (χ4n) is 7.83. The van der Waals surface area contributed by atoms with Crippen LogP contribution in [0.25, 0.3) is 12.2 Å². The number of unbranched alkanes of at least 4 members (excludes halogenated alkanes) is 3. The molecule has 0 unspecified atom stereocenters. The number of aryl methyl sites for hydroxylation is 2. The van der Waals surface area contributed by atoms with E-state index in [0.717, 1.165) is 113 Å². The molecule has 1 aromatic carbocycles. The van der Waals surface area contributed by atoms with E-state index in [-0.39, 0.29) is 17.5 Å². The molecule has 1 saturated carbocycles. The Morgan fingerprint density at radius 3 is 2.33 bits per heavy atom. The lowest BCUT2D eigenvalue weighted by Crippen LogP contribution is -2.37. The van der Waals surface area contributed by atoms with Crippen LogP contribution >= 0.6 is 11.6 Å². The van der Waals surface area contributed by atoms with Gasteiger partial charge in [0.1, 0.15) is 23.0 Å². The summed E-state index contributed by atoms with van der Waals surface area (Å²) in [6.45, 7) is 4.77. The molecule has 1 aromatic heterocycles. The highest BCUT2D eigenvalue weighted by molar-refractivity contribution is 6.17. The first-order chi connectivity index (χ1) is 24.1. The number of nitrogens with one attached hydrogen (secondary N) is 1. The third kappa shape index (κ3) is 9.50. The molecule has 4 aliphatic rings. The maximum atomic E-state index is 14.1. The van der Waals surface area contributed by atoms with Gasteiger partial charge in [0.15, 0.2) is 0 Å². The minimum atomic E-state index is -0.0107. The zero-order chi connectivity index (χ0) is 33.8. The van der Waals surface area contributed by atoms with E-state index in [9.17, 15) is 9.59 Å².